The molecule has 1 aromatic rings. The Labute approximate surface area is 112 Å². The number of aryl methyl sites for hydroxylation is 1. The normalized spacial score (nSPS) is 17.5. The van der Waals surface area contributed by atoms with E-state index in [1.165, 1.54) is 10.6 Å². The largest absolute Gasteiger partial charge is 0.380 e. The summed E-state index contributed by atoms with van der Waals surface area (Å²) in [5, 5.41) is 0. The summed E-state index contributed by atoms with van der Waals surface area (Å²) in [6.07, 6.45) is 0. The van der Waals surface area contributed by atoms with Gasteiger partial charge >= 0.3 is 5.69 Å². The van der Waals surface area contributed by atoms with E-state index in [1.807, 2.05) is 7.05 Å². The molecule has 2 heterocycles. The third-order valence-electron chi connectivity index (χ3n) is 3.41. The summed E-state index contributed by atoms with van der Waals surface area (Å²) in [5.41, 5.74) is 0.225. The van der Waals surface area contributed by atoms with Crippen molar-refractivity contribution in [3.8, 4) is 0 Å². The first-order chi connectivity index (χ1) is 8.89. The first-order valence-corrected chi connectivity index (χ1v) is 6.47. The van der Waals surface area contributed by atoms with Crippen LogP contribution in [0.1, 0.15) is 12.6 Å². The van der Waals surface area contributed by atoms with E-state index in [9.17, 15) is 9.59 Å². The highest BCUT2D eigenvalue weighted by Crippen LogP contribution is 2.26. The second kappa shape index (κ2) is 5.30. The van der Waals surface area contributed by atoms with Gasteiger partial charge in [0.25, 0.3) is 5.56 Å². The maximum Gasteiger partial charge on any atom is 0.328 e. The summed E-state index contributed by atoms with van der Waals surface area (Å²) in [4.78, 5) is 28.2. The Morgan fingerprint density at radius 1 is 1.47 bits per heavy atom. The molecule has 0 unspecified atom stereocenters. The van der Waals surface area contributed by atoms with Crippen LogP contribution in [0, 0.1) is 12.3 Å². The molecule has 1 aromatic heterocycles. The van der Waals surface area contributed by atoms with Crippen molar-refractivity contribution in [1.82, 2.24) is 14.5 Å². The van der Waals surface area contributed by atoms with E-state index in [-0.39, 0.29) is 16.7 Å². The van der Waals surface area contributed by atoms with Gasteiger partial charge in [-0.15, -0.1) is 0 Å². The van der Waals surface area contributed by atoms with Crippen LogP contribution in [0.5, 0.6) is 0 Å². The third kappa shape index (κ3) is 3.33. The van der Waals surface area contributed by atoms with E-state index in [2.05, 4.69) is 16.8 Å². The zero-order chi connectivity index (χ0) is 14.0. The number of ether oxygens (including phenoxy) is 1. The van der Waals surface area contributed by atoms with Gasteiger partial charge in [0.05, 0.1) is 13.2 Å². The number of aromatic amines is 1. The molecule has 1 aliphatic heterocycles. The molecule has 0 radical (unpaired) electrons. The SMILES string of the molecule is Cc1cc(=O)n(CCN(C)CC2(C)COC2)c(=O)[nH]1. The molecule has 1 fully saturated rings. The second-order valence-corrected chi connectivity index (χ2v) is 5.79. The highest BCUT2D eigenvalue weighted by atomic mass is 16.5. The van der Waals surface area contributed by atoms with Crippen LogP contribution in [-0.4, -0.2) is 47.8 Å². The van der Waals surface area contributed by atoms with Crippen LogP contribution in [0.2, 0.25) is 0 Å². The Morgan fingerprint density at radius 2 is 2.16 bits per heavy atom. The molecular formula is C13H21N3O3. The molecule has 0 amide bonds. The first-order valence-electron chi connectivity index (χ1n) is 6.47. The van der Waals surface area contributed by atoms with E-state index in [0.29, 0.717) is 18.8 Å². The van der Waals surface area contributed by atoms with E-state index < -0.39 is 0 Å². The van der Waals surface area contributed by atoms with Crippen molar-refractivity contribution in [1.29, 1.82) is 0 Å². The Kier molecular flexibility index (Phi) is 3.91. The fraction of sp³-hybridized carbons (Fsp3) is 0.692. The molecule has 0 spiro atoms. The molecule has 0 bridgehead atoms. The number of nitrogens with one attached hydrogen (secondary N) is 1. The van der Waals surface area contributed by atoms with Crippen LogP contribution in [0.15, 0.2) is 15.7 Å². The average molecular weight is 267 g/mol. The number of likely N-dealkylation sites (N-methyl/N-ethyl adjacent to an activating group) is 1. The van der Waals surface area contributed by atoms with Crippen LogP contribution in [-0.2, 0) is 11.3 Å². The van der Waals surface area contributed by atoms with Crippen molar-refractivity contribution >= 4 is 0 Å². The van der Waals surface area contributed by atoms with Crippen molar-refractivity contribution in [3.63, 3.8) is 0 Å². The van der Waals surface area contributed by atoms with Crippen molar-refractivity contribution < 1.29 is 4.74 Å². The van der Waals surface area contributed by atoms with Gasteiger partial charge in [-0.3, -0.25) is 9.36 Å². The van der Waals surface area contributed by atoms with Crippen LogP contribution >= 0.6 is 0 Å². The number of nitrogens with zero attached hydrogens (tertiary/aromatic N) is 2. The summed E-state index contributed by atoms with van der Waals surface area (Å²) in [5.74, 6) is 0. The molecule has 2 rings (SSSR count). The van der Waals surface area contributed by atoms with E-state index in [1.54, 1.807) is 6.92 Å². The lowest BCUT2D eigenvalue weighted by Gasteiger charge is -2.40. The van der Waals surface area contributed by atoms with Gasteiger partial charge in [0.1, 0.15) is 0 Å². The third-order valence-corrected chi connectivity index (χ3v) is 3.41. The average Bonchev–Trinajstić information content (AvgIpc) is 2.25. The van der Waals surface area contributed by atoms with Gasteiger partial charge in [0.2, 0.25) is 0 Å². The van der Waals surface area contributed by atoms with Gasteiger partial charge in [-0.1, -0.05) is 6.92 Å². The van der Waals surface area contributed by atoms with E-state index >= 15 is 0 Å². The Balaban J connectivity index is 1.95. The lowest BCUT2D eigenvalue weighted by molar-refractivity contribution is -0.112. The molecule has 6 heteroatoms. The molecule has 1 aliphatic rings. The fourth-order valence-electron chi connectivity index (χ4n) is 2.39. The molecule has 1 N–H and O–H groups in total. The Bertz CT molecular complexity index is 526. The summed E-state index contributed by atoms with van der Waals surface area (Å²) in [7, 11) is 2.00. The van der Waals surface area contributed by atoms with Gasteiger partial charge in [-0.05, 0) is 14.0 Å². The van der Waals surface area contributed by atoms with Crippen molar-refractivity contribution in [2.24, 2.45) is 5.41 Å². The topological polar surface area (TPSA) is 67.3 Å². The number of H-pyrrole nitrogens is 1. The van der Waals surface area contributed by atoms with Crippen LogP contribution in [0.3, 0.4) is 0 Å². The molecule has 0 aromatic carbocycles. The maximum atomic E-state index is 11.7. The minimum atomic E-state index is -0.336. The van der Waals surface area contributed by atoms with Crippen LogP contribution < -0.4 is 11.2 Å². The standard InChI is InChI=1S/C13H21N3O3/c1-10-6-11(17)16(12(18)14-10)5-4-15(3)7-13(2)8-19-9-13/h6H,4-5,7-9H2,1-3H3,(H,14,18). The van der Waals surface area contributed by atoms with Gasteiger partial charge in [0.15, 0.2) is 0 Å². The van der Waals surface area contributed by atoms with Crippen molar-refractivity contribution in [3.05, 3.63) is 32.6 Å². The molecule has 0 aliphatic carbocycles. The Hall–Kier alpha value is -1.40. The summed E-state index contributed by atoms with van der Waals surface area (Å²) in [6.45, 7) is 7.42. The molecular weight excluding hydrogens is 246 g/mol. The molecule has 19 heavy (non-hydrogen) atoms. The highest BCUT2D eigenvalue weighted by Gasteiger charge is 2.34. The molecule has 0 atom stereocenters. The van der Waals surface area contributed by atoms with Gasteiger partial charge in [-0.25, -0.2) is 4.79 Å². The fourth-order valence-corrected chi connectivity index (χ4v) is 2.39. The van der Waals surface area contributed by atoms with E-state index in [0.717, 1.165) is 19.8 Å². The smallest absolute Gasteiger partial charge is 0.328 e. The highest BCUT2D eigenvalue weighted by molar-refractivity contribution is 4.96. The first kappa shape index (κ1) is 14.0. The summed E-state index contributed by atoms with van der Waals surface area (Å²) in [6, 6.07) is 1.45. The number of rotatable bonds is 5. The lowest BCUT2D eigenvalue weighted by Crippen LogP contribution is -2.48. The van der Waals surface area contributed by atoms with Gasteiger partial charge < -0.3 is 14.6 Å². The number of hydrogen-bond acceptors (Lipinski definition) is 4. The molecule has 1 saturated heterocycles. The predicted octanol–water partition coefficient (Wildman–Crippen LogP) is -0.187. The summed E-state index contributed by atoms with van der Waals surface area (Å²) >= 11 is 0. The van der Waals surface area contributed by atoms with Crippen molar-refractivity contribution in [2.45, 2.75) is 20.4 Å². The quantitative estimate of drug-likeness (QED) is 0.803. The number of aromatic nitrogens is 2. The zero-order valence-corrected chi connectivity index (χ0v) is 11.7. The van der Waals surface area contributed by atoms with Crippen molar-refractivity contribution in [2.75, 3.05) is 33.4 Å². The minimum absolute atomic E-state index is 0.208. The lowest BCUT2D eigenvalue weighted by atomic mass is 9.88. The van der Waals surface area contributed by atoms with Crippen LogP contribution in [0.4, 0.5) is 0 Å². The van der Waals surface area contributed by atoms with Gasteiger partial charge in [-0.2, -0.15) is 0 Å². The molecule has 6 nitrogen and oxygen atoms in total. The second-order valence-electron chi connectivity index (χ2n) is 5.79. The monoisotopic (exact) mass is 267 g/mol. The minimum Gasteiger partial charge on any atom is -0.380 e. The van der Waals surface area contributed by atoms with Crippen LogP contribution in [0.25, 0.3) is 0 Å². The number of hydrogen-bond donors (Lipinski definition) is 1. The predicted molar refractivity (Wildman–Crippen MR) is 72.5 cm³/mol. The maximum absolute atomic E-state index is 11.7. The Morgan fingerprint density at radius 3 is 2.68 bits per heavy atom. The summed E-state index contributed by atoms with van der Waals surface area (Å²) < 4.78 is 6.46. The molecule has 0 saturated carbocycles. The zero-order valence-electron chi connectivity index (χ0n) is 11.7. The van der Waals surface area contributed by atoms with E-state index in [4.69, 9.17) is 4.74 Å². The van der Waals surface area contributed by atoms with Gasteiger partial charge in [0, 0.05) is 36.8 Å². The molecule has 106 valence electrons.